The zero-order valence-electron chi connectivity index (χ0n) is 11.6. The van der Waals surface area contributed by atoms with Gasteiger partial charge in [-0.05, 0) is 37.0 Å². The van der Waals surface area contributed by atoms with Gasteiger partial charge in [-0.1, -0.05) is 6.92 Å². The lowest BCUT2D eigenvalue weighted by molar-refractivity contribution is -0.144. The van der Waals surface area contributed by atoms with Crippen LogP contribution in [0.1, 0.15) is 30.1 Å². The molecule has 2 heterocycles. The molecular formula is C14H16N4O3. The molecule has 21 heavy (non-hydrogen) atoms. The predicted octanol–water partition coefficient (Wildman–Crippen LogP) is 1.28. The maximum Gasteiger partial charge on any atom is 0.326 e. The van der Waals surface area contributed by atoms with Crippen molar-refractivity contribution in [1.82, 2.24) is 20.3 Å². The summed E-state index contributed by atoms with van der Waals surface area (Å²) in [7, 11) is 0. The molecule has 2 atom stereocenters. The molecular weight excluding hydrogens is 272 g/mol. The van der Waals surface area contributed by atoms with E-state index in [4.69, 9.17) is 0 Å². The Kier molecular flexibility index (Phi) is 3.32. The molecule has 2 aromatic rings. The Bertz CT molecular complexity index is 696. The van der Waals surface area contributed by atoms with Crippen LogP contribution in [-0.4, -0.2) is 49.9 Å². The number of piperidine rings is 1. The summed E-state index contributed by atoms with van der Waals surface area (Å²) in [5.41, 5.74) is 1.71. The summed E-state index contributed by atoms with van der Waals surface area (Å²) in [5.74, 6) is -0.898. The minimum atomic E-state index is -0.947. The van der Waals surface area contributed by atoms with Crippen LogP contribution in [0.2, 0.25) is 0 Å². The van der Waals surface area contributed by atoms with Crippen LogP contribution in [0.15, 0.2) is 18.2 Å². The van der Waals surface area contributed by atoms with E-state index in [1.807, 2.05) is 6.92 Å². The fourth-order valence-corrected chi connectivity index (χ4v) is 2.76. The molecule has 1 aliphatic heterocycles. The van der Waals surface area contributed by atoms with Gasteiger partial charge in [0.25, 0.3) is 5.91 Å². The van der Waals surface area contributed by atoms with Crippen molar-refractivity contribution < 1.29 is 14.7 Å². The largest absolute Gasteiger partial charge is 0.480 e. The lowest BCUT2D eigenvalue weighted by Gasteiger charge is -2.36. The summed E-state index contributed by atoms with van der Waals surface area (Å²) < 4.78 is 0. The van der Waals surface area contributed by atoms with Gasteiger partial charge < -0.3 is 10.0 Å². The van der Waals surface area contributed by atoms with Crippen LogP contribution in [0.5, 0.6) is 0 Å². The molecule has 1 aromatic carbocycles. The molecule has 110 valence electrons. The highest BCUT2D eigenvalue weighted by molar-refractivity contribution is 5.99. The van der Waals surface area contributed by atoms with Gasteiger partial charge in [0.1, 0.15) is 17.1 Å². The molecule has 0 saturated carbocycles. The number of benzene rings is 1. The fourth-order valence-electron chi connectivity index (χ4n) is 2.76. The number of aromatic amines is 1. The molecule has 1 aliphatic rings. The van der Waals surface area contributed by atoms with Crippen molar-refractivity contribution in [2.24, 2.45) is 5.92 Å². The average Bonchev–Trinajstić information content (AvgIpc) is 2.93. The predicted molar refractivity (Wildman–Crippen MR) is 74.7 cm³/mol. The third-order valence-corrected chi connectivity index (χ3v) is 3.97. The molecule has 0 aliphatic carbocycles. The highest BCUT2D eigenvalue weighted by atomic mass is 16.4. The Balaban J connectivity index is 1.90. The van der Waals surface area contributed by atoms with Crippen molar-refractivity contribution in [3.05, 3.63) is 23.8 Å². The number of carbonyl (C=O) groups is 2. The van der Waals surface area contributed by atoms with Gasteiger partial charge in [-0.25, -0.2) is 4.79 Å². The molecule has 3 rings (SSSR count). The van der Waals surface area contributed by atoms with E-state index in [-0.39, 0.29) is 5.91 Å². The van der Waals surface area contributed by atoms with Gasteiger partial charge in [-0.2, -0.15) is 15.4 Å². The van der Waals surface area contributed by atoms with Gasteiger partial charge in [0.05, 0.1) is 0 Å². The molecule has 2 unspecified atom stereocenters. The monoisotopic (exact) mass is 288 g/mol. The van der Waals surface area contributed by atoms with E-state index in [0.717, 1.165) is 6.42 Å². The van der Waals surface area contributed by atoms with Crippen molar-refractivity contribution in [3.8, 4) is 0 Å². The minimum absolute atomic E-state index is 0.265. The second kappa shape index (κ2) is 5.16. The standard InChI is InChI=1S/C14H16N4O3/c1-8-4-5-18(12(6-8)14(20)21)13(19)9-2-3-10-11(7-9)16-17-15-10/h2-3,7-8,12H,4-6H2,1H3,(H,20,21)(H,15,16,17). The number of carbonyl (C=O) groups excluding carboxylic acids is 1. The van der Waals surface area contributed by atoms with Crippen molar-refractivity contribution >= 4 is 22.9 Å². The van der Waals surface area contributed by atoms with Gasteiger partial charge in [0, 0.05) is 12.1 Å². The maximum absolute atomic E-state index is 12.6. The summed E-state index contributed by atoms with van der Waals surface area (Å²) in [4.78, 5) is 25.4. The van der Waals surface area contributed by atoms with E-state index in [9.17, 15) is 14.7 Å². The molecule has 1 saturated heterocycles. The molecule has 1 fully saturated rings. The van der Waals surface area contributed by atoms with E-state index in [1.54, 1.807) is 18.2 Å². The number of aromatic nitrogens is 3. The first-order chi connectivity index (χ1) is 10.1. The third-order valence-electron chi connectivity index (χ3n) is 3.97. The number of hydrogen-bond donors (Lipinski definition) is 2. The lowest BCUT2D eigenvalue weighted by Crippen LogP contribution is -2.49. The number of hydrogen-bond acceptors (Lipinski definition) is 4. The summed E-state index contributed by atoms with van der Waals surface area (Å²) in [5, 5.41) is 19.7. The topological polar surface area (TPSA) is 99.2 Å². The van der Waals surface area contributed by atoms with E-state index >= 15 is 0 Å². The normalized spacial score (nSPS) is 22.4. The number of likely N-dealkylation sites (tertiary alicyclic amines) is 1. The van der Waals surface area contributed by atoms with E-state index in [0.29, 0.717) is 35.5 Å². The lowest BCUT2D eigenvalue weighted by atomic mass is 9.92. The first-order valence-corrected chi connectivity index (χ1v) is 6.90. The third kappa shape index (κ3) is 2.46. The Hall–Kier alpha value is -2.44. The van der Waals surface area contributed by atoms with Gasteiger partial charge in [0.2, 0.25) is 0 Å². The Morgan fingerprint density at radius 3 is 2.86 bits per heavy atom. The first-order valence-electron chi connectivity index (χ1n) is 6.90. The Morgan fingerprint density at radius 1 is 1.33 bits per heavy atom. The summed E-state index contributed by atoms with van der Waals surface area (Å²) in [6.45, 7) is 2.48. The van der Waals surface area contributed by atoms with Gasteiger partial charge in [-0.15, -0.1) is 0 Å². The molecule has 1 amide bonds. The van der Waals surface area contributed by atoms with Crippen molar-refractivity contribution in [2.45, 2.75) is 25.8 Å². The van der Waals surface area contributed by atoms with Gasteiger partial charge >= 0.3 is 5.97 Å². The van der Waals surface area contributed by atoms with Crippen molar-refractivity contribution in [2.75, 3.05) is 6.54 Å². The number of H-pyrrole nitrogens is 1. The Labute approximate surface area is 120 Å². The average molecular weight is 288 g/mol. The highest BCUT2D eigenvalue weighted by Crippen LogP contribution is 2.25. The van der Waals surface area contributed by atoms with Crippen LogP contribution in [-0.2, 0) is 4.79 Å². The molecule has 0 radical (unpaired) electrons. The number of fused-ring (bicyclic) bond motifs is 1. The quantitative estimate of drug-likeness (QED) is 0.867. The van der Waals surface area contributed by atoms with E-state index < -0.39 is 12.0 Å². The maximum atomic E-state index is 12.6. The molecule has 7 heteroatoms. The summed E-state index contributed by atoms with van der Waals surface area (Å²) in [6.07, 6.45) is 1.31. The summed E-state index contributed by atoms with van der Waals surface area (Å²) >= 11 is 0. The van der Waals surface area contributed by atoms with Crippen molar-refractivity contribution in [3.63, 3.8) is 0 Å². The Morgan fingerprint density at radius 2 is 2.10 bits per heavy atom. The fraction of sp³-hybridized carbons (Fsp3) is 0.429. The molecule has 0 bridgehead atoms. The number of amides is 1. The number of aliphatic carboxylic acids is 1. The van der Waals surface area contributed by atoms with Crippen LogP contribution in [0.4, 0.5) is 0 Å². The minimum Gasteiger partial charge on any atom is -0.480 e. The van der Waals surface area contributed by atoms with E-state index in [1.165, 1.54) is 4.90 Å². The number of nitrogens with zero attached hydrogens (tertiary/aromatic N) is 3. The second-order valence-electron chi connectivity index (χ2n) is 5.51. The second-order valence-corrected chi connectivity index (χ2v) is 5.51. The van der Waals surface area contributed by atoms with Crippen LogP contribution in [0, 0.1) is 5.92 Å². The number of carboxylic acid groups (broad SMARTS) is 1. The zero-order valence-corrected chi connectivity index (χ0v) is 11.6. The number of carboxylic acids is 1. The molecule has 1 aromatic heterocycles. The van der Waals surface area contributed by atoms with Crippen LogP contribution in [0.3, 0.4) is 0 Å². The van der Waals surface area contributed by atoms with Crippen LogP contribution >= 0.6 is 0 Å². The van der Waals surface area contributed by atoms with Crippen LogP contribution < -0.4 is 0 Å². The molecule has 2 N–H and O–H groups in total. The molecule has 7 nitrogen and oxygen atoms in total. The molecule has 0 spiro atoms. The summed E-state index contributed by atoms with van der Waals surface area (Å²) in [6, 6.07) is 4.24. The van der Waals surface area contributed by atoms with Gasteiger partial charge in [-0.3, -0.25) is 4.79 Å². The van der Waals surface area contributed by atoms with Crippen LogP contribution in [0.25, 0.3) is 11.0 Å². The first kappa shape index (κ1) is 13.5. The van der Waals surface area contributed by atoms with Gasteiger partial charge in [0.15, 0.2) is 0 Å². The zero-order chi connectivity index (χ0) is 15.0. The SMILES string of the molecule is CC1CCN(C(=O)c2ccc3n[nH]nc3c2)C(C(=O)O)C1. The number of rotatable bonds is 2. The number of nitrogens with one attached hydrogen (secondary N) is 1. The van der Waals surface area contributed by atoms with E-state index in [2.05, 4.69) is 15.4 Å². The highest BCUT2D eigenvalue weighted by Gasteiger charge is 2.35. The van der Waals surface area contributed by atoms with Crippen molar-refractivity contribution in [1.29, 1.82) is 0 Å². The smallest absolute Gasteiger partial charge is 0.326 e.